The Hall–Kier alpha value is -3.27. The minimum absolute atomic E-state index is 0.00505. The Kier molecular flexibility index (Phi) is 6.84. The van der Waals surface area contributed by atoms with E-state index in [4.69, 9.17) is 0 Å². The van der Waals surface area contributed by atoms with Gasteiger partial charge >= 0.3 is 0 Å². The van der Waals surface area contributed by atoms with Crippen molar-refractivity contribution in [2.24, 2.45) is 0 Å². The molecule has 0 aliphatic carbocycles. The Morgan fingerprint density at radius 2 is 1.09 bits per heavy atom. The molecule has 4 aromatic rings. The number of piperazine rings is 1. The Labute approximate surface area is 202 Å². The number of hydrogen-bond donors (Lipinski definition) is 0. The van der Waals surface area contributed by atoms with Crippen molar-refractivity contribution in [3.8, 4) is 11.1 Å². The average Bonchev–Trinajstić information content (AvgIpc) is 2.90. The summed E-state index contributed by atoms with van der Waals surface area (Å²) in [4.78, 5) is 4.99. The second kappa shape index (κ2) is 10.3. The van der Waals surface area contributed by atoms with Crippen molar-refractivity contribution in [3.05, 3.63) is 132 Å². The van der Waals surface area contributed by atoms with Crippen LogP contribution in [0.25, 0.3) is 11.1 Å². The molecule has 1 fully saturated rings. The van der Waals surface area contributed by atoms with E-state index in [2.05, 4.69) is 89.5 Å². The molecule has 0 radical (unpaired) electrons. The fourth-order valence-corrected chi connectivity index (χ4v) is 5.28. The lowest BCUT2D eigenvalue weighted by atomic mass is 9.93. The number of rotatable bonds is 6. The van der Waals surface area contributed by atoms with Gasteiger partial charge in [-0.05, 0) is 35.2 Å². The van der Waals surface area contributed by atoms with Gasteiger partial charge < -0.3 is 0 Å². The number of halogens is 1. The normalized spacial score (nSPS) is 16.0. The SMILES string of the molecule is CC(c1c(F)cccc1-c1ccccc1)N1CCN(C(c2ccccc2)c2ccccc2)CC1. The first kappa shape index (κ1) is 22.5. The molecular weight excluding hydrogens is 419 g/mol. The van der Waals surface area contributed by atoms with Crippen LogP contribution in [0.5, 0.6) is 0 Å². The van der Waals surface area contributed by atoms with Crippen LogP contribution in [-0.2, 0) is 0 Å². The Balaban J connectivity index is 1.37. The van der Waals surface area contributed by atoms with E-state index in [0.717, 1.165) is 42.9 Å². The van der Waals surface area contributed by atoms with Gasteiger partial charge in [0, 0.05) is 37.8 Å². The lowest BCUT2D eigenvalue weighted by Crippen LogP contribution is -2.48. The zero-order chi connectivity index (χ0) is 23.3. The highest BCUT2D eigenvalue weighted by molar-refractivity contribution is 5.68. The molecule has 0 N–H and O–H groups in total. The van der Waals surface area contributed by atoms with Gasteiger partial charge in [0.25, 0.3) is 0 Å². The largest absolute Gasteiger partial charge is 0.294 e. The Morgan fingerprint density at radius 1 is 0.588 bits per heavy atom. The first-order valence-corrected chi connectivity index (χ1v) is 12.1. The van der Waals surface area contributed by atoms with Crippen molar-refractivity contribution in [2.45, 2.75) is 19.0 Å². The third-order valence-electron chi connectivity index (χ3n) is 7.05. The summed E-state index contributed by atoms with van der Waals surface area (Å²) in [5.41, 5.74) is 5.48. The molecule has 1 aliphatic heterocycles. The lowest BCUT2D eigenvalue weighted by Gasteiger charge is -2.42. The predicted molar refractivity (Wildman–Crippen MR) is 138 cm³/mol. The standard InChI is InChI=1S/C31H31FN2/c1-24(30-28(18-11-19-29(30)32)25-12-5-2-6-13-25)33-20-22-34(23-21-33)31(26-14-7-3-8-15-26)27-16-9-4-10-17-27/h2-19,24,31H,20-23H2,1H3. The van der Waals surface area contributed by atoms with Crippen molar-refractivity contribution in [1.29, 1.82) is 0 Å². The molecule has 3 heteroatoms. The van der Waals surface area contributed by atoms with Crippen LogP contribution < -0.4 is 0 Å². The van der Waals surface area contributed by atoms with Gasteiger partial charge in [0.15, 0.2) is 0 Å². The molecule has 1 aliphatic rings. The zero-order valence-electron chi connectivity index (χ0n) is 19.6. The predicted octanol–water partition coefficient (Wildman–Crippen LogP) is 6.96. The summed E-state index contributed by atoms with van der Waals surface area (Å²) < 4.78 is 15.2. The summed E-state index contributed by atoms with van der Waals surface area (Å²) in [6, 6.07) is 37.3. The first-order valence-electron chi connectivity index (χ1n) is 12.1. The quantitative estimate of drug-likeness (QED) is 0.313. The smallest absolute Gasteiger partial charge is 0.128 e. The molecule has 4 aromatic carbocycles. The van der Waals surface area contributed by atoms with Crippen molar-refractivity contribution in [2.75, 3.05) is 26.2 Å². The van der Waals surface area contributed by atoms with E-state index in [1.54, 1.807) is 6.07 Å². The molecule has 0 aromatic heterocycles. The maximum absolute atomic E-state index is 15.2. The molecule has 1 heterocycles. The van der Waals surface area contributed by atoms with Gasteiger partial charge in [0.05, 0.1) is 6.04 Å². The minimum atomic E-state index is -0.122. The third kappa shape index (κ3) is 4.68. The van der Waals surface area contributed by atoms with E-state index in [0.29, 0.717) is 0 Å². The summed E-state index contributed by atoms with van der Waals surface area (Å²) in [5, 5.41) is 0. The molecule has 2 nitrogen and oxygen atoms in total. The van der Waals surface area contributed by atoms with E-state index in [9.17, 15) is 0 Å². The van der Waals surface area contributed by atoms with Crippen LogP contribution in [0.15, 0.2) is 109 Å². The highest BCUT2D eigenvalue weighted by atomic mass is 19.1. The summed E-state index contributed by atoms with van der Waals surface area (Å²) in [6.45, 7) is 5.83. The number of nitrogens with zero attached hydrogens (tertiary/aromatic N) is 2. The van der Waals surface area contributed by atoms with E-state index in [1.165, 1.54) is 11.1 Å². The van der Waals surface area contributed by atoms with Crippen LogP contribution in [-0.4, -0.2) is 36.0 Å². The van der Waals surface area contributed by atoms with Gasteiger partial charge in [-0.1, -0.05) is 103 Å². The molecular formula is C31H31FN2. The molecule has 172 valence electrons. The third-order valence-corrected chi connectivity index (χ3v) is 7.05. The van der Waals surface area contributed by atoms with Crippen LogP contribution in [0.3, 0.4) is 0 Å². The van der Waals surface area contributed by atoms with Crippen molar-refractivity contribution in [3.63, 3.8) is 0 Å². The molecule has 1 saturated heterocycles. The summed E-state index contributed by atoms with van der Waals surface area (Å²) in [6.07, 6.45) is 0. The molecule has 5 rings (SSSR count). The van der Waals surface area contributed by atoms with Crippen LogP contribution in [0, 0.1) is 5.82 Å². The molecule has 34 heavy (non-hydrogen) atoms. The van der Waals surface area contributed by atoms with Crippen molar-refractivity contribution < 1.29 is 4.39 Å². The monoisotopic (exact) mass is 450 g/mol. The molecule has 1 unspecified atom stereocenters. The topological polar surface area (TPSA) is 6.48 Å². The number of hydrogen-bond acceptors (Lipinski definition) is 2. The van der Waals surface area contributed by atoms with Crippen LogP contribution in [0.4, 0.5) is 4.39 Å². The zero-order valence-corrected chi connectivity index (χ0v) is 19.6. The second-order valence-corrected chi connectivity index (χ2v) is 9.04. The van der Waals surface area contributed by atoms with Gasteiger partial charge in [-0.15, -0.1) is 0 Å². The maximum atomic E-state index is 15.2. The van der Waals surface area contributed by atoms with Gasteiger partial charge in [0.2, 0.25) is 0 Å². The number of benzene rings is 4. The van der Waals surface area contributed by atoms with Crippen LogP contribution in [0.2, 0.25) is 0 Å². The van der Waals surface area contributed by atoms with E-state index in [-0.39, 0.29) is 17.9 Å². The highest BCUT2D eigenvalue weighted by Crippen LogP contribution is 2.35. The molecule has 0 spiro atoms. The summed E-state index contributed by atoms with van der Waals surface area (Å²) >= 11 is 0. The van der Waals surface area contributed by atoms with Gasteiger partial charge in [-0.2, -0.15) is 0 Å². The second-order valence-electron chi connectivity index (χ2n) is 9.04. The Morgan fingerprint density at radius 3 is 1.65 bits per heavy atom. The van der Waals surface area contributed by atoms with Crippen LogP contribution >= 0.6 is 0 Å². The summed E-state index contributed by atoms with van der Waals surface area (Å²) in [5.74, 6) is -0.122. The van der Waals surface area contributed by atoms with Gasteiger partial charge in [0.1, 0.15) is 5.82 Å². The summed E-state index contributed by atoms with van der Waals surface area (Å²) in [7, 11) is 0. The van der Waals surface area contributed by atoms with E-state index >= 15 is 4.39 Å². The first-order chi connectivity index (χ1) is 16.7. The minimum Gasteiger partial charge on any atom is -0.294 e. The van der Waals surface area contributed by atoms with Gasteiger partial charge in [-0.25, -0.2) is 4.39 Å². The lowest BCUT2D eigenvalue weighted by molar-refractivity contribution is 0.0830. The fourth-order valence-electron chi connectivity index (χ4n) is 5.28. The van der Waals surface area contributed by atoms with Crippen molar-refractivity contribution in [1.82, 2.24) is 9.80 Å². The maximum Gasteiger partial charge on any atom is 0.128 e. The molecule has 0 amide bonds. The van der Waals surface area contributed by atoms with Gasteiger partial charge in [-0.3, -0.25) is 9.80 Å². The molecule has 1 atom stereocenters. The van der Waals surface area contributed by atoms with E-state index < -0.39 is 0 Å². The molecule has 0 bridgehead atoms. The fraction of sp³-hybridized carbons (Fsp3) is 0.226. The van der Waals surface area contributed by atoms with E-state index in [1.807, 2.05) is 30.3 Å². The van der Waals surface area contributed by atoms with Crippen molar-refractivity contribution >= 4 is 0 Å². The highest BCUT2D eigenvalue weighted by Gasteiger charge is 2.30. The Bertz CT molecular complexity index is 1150. The molecule has 0 saturated carbocycles. The van der Waals surface area contributed by atoms with Crippen LogP contribution in [0.1, 0.15) is 35.7 Å². The average molecular weight is 451 g/mol.